The third kappa shape index (κ3) is 13.3. The Morgan fingerprint density at radius 1 is 0.968 bits per heavy atom. The minimum Gasteiger partial charge on any atom is -0.508 e. The number of anilines is 1. The van der Waals surface area contributed by atoms with Crippen molar-refractivity contribution in [3.05, 3.63) is 101 Å². The number of allylic oxidation sites excluding steroid dienone is 1. The first-order valence-electron chi connectivity index (χ1n) is 20.7. The molecular weight excluding hydrogens is 831 g/mol. The lowest BCUT2D eigenvalue weighted by atomic mass is 9.98. The van der Waals surface area contributed by atoms with Crippen LogP contribution in [-0.4, -0.2) is 104 Å². The van der Waals surface area contributed by atoms with E-state index in [1.807, 2.05) is 44.2 Å². The number of aromatic amines is 1. The zero-order valence-electron chi connectivity index (χ0n) is 35.5. The Kier molecular flexibility index (Phi) is 16.7. The van der Waals surface area contributed by atoms with Gasteiger partial charge in [-0.2, -0.15) is 4.98 Å². The van der Waals surface area contributed by atoms with Gasteiger partial charge in [0.2, 0.25) is 29.5 Å². The van der Waals surface area contributed by atoms with Gasteiger partial charge in [-0.1, -0.05) is 58.0 Å². The standard InChI is InChI=1S/C44H55N9O9S/c1-24(2)21-32(48-42(60)36(25(3)4)50-39(57)31(45)18-19-46-38(56)30-23-29(54)16-17-35(30)55)40(58)49-33(22-26-9-6-5-7-10-26)43(61)53-20-8-11-34(53)41(59)47-28-14-12-27(13-15-28)37-51-44(63)62-52-37/h5-7,9-10,12-16,18-19,23-25,31-36,54-55H,8,11,17,20-22,45H2,1-4H3,(H,46,56)(H,47,59)(H,48,60)(H,49,58)(H,50,57)(H,51,52,63)/b19-18+/t31?,32-,33-,34+,35?,36-/m0/s1. The molecule has 19 heteroatoms. The Labute approximate surface area is 369 Å². The fourth-order valence-corrected chi connectivity index (χ4v) is 7.29. The van der Waals surface area contributed by atoms with E-state index in [1.165, 1.54) is 17.1 Å². The van der Waals surface area contributed by atoms with Crippen molar-refractivity contribution in [3.8, 4) is 11.4 Å². The van der Waals surface area contributed by atoms with Gasteiger partial charge >= 0.3 is 4.84 Å². The number of hydrogen-bond acceptors (Lipinski definition) is 12. The molecule has 0 bridgehead atoms. The topological polar surface area (TPSA) is 274 Å². The fourth-order valence-electron chi connectivity index (χ4n) is 7.15. The second kappa shape index (κ2) is 22.1. The largest absolute Gasteiger partial charge is 0.508 e. The lowest BCUT2D eigenvalue weighted by molar-refractivity contribution is -0.140. The van der Waals surface area contributed by atoms with E-state index in [0.29, 0.717) is 29.9 Å². The van der Waals surface area contributed by atoms with Crippen molar-refractivity contribution in [2.75, 3.05) is 11.9 Å². The maximum absolute atomic E-state index is 14.4. The molecule has 2 heterocycles. The molecule has 1 fully saturated rings. The van der Waals surface area contributed by atoms with Gasteiger partial charge in [-0.25, -0.2) is 5.16 Å². The highest BCUT2D eigenvalue weighted by Crippen LogP contribution is 2.24. The molecule has 336 valence electrons. The Bertz CT molecular complexity index is 2270. The van der Waals surface area contributed by atoms with Crippen LogP contribution in [0.3, 0.4) is 0 Å². The number of aliphatic hydroxyl groups excluding tert-OH is 2. The van der Waals surface area contributed by atoms with E-state index in [1.54, 1.807) is 38.1 Å². The van der Waals surface area contributed by atoms with Crippen molar-refractivity contribution < 1.29 is 43.5 Å². The molecule has 6 amide bonds. The molecule has 2 unspecified atom stereocenters. The molecule has 0 saturated carbocycles. The van der Waals surface area contributed by atoms with E-state index in [4.69, 9.17) is 22.5 Å². The van der Waals surface area contributed by atoms with Gasteiger partial charge in [0.1, 0.15) is 36.0 Å². The van der Waals surface area contributed by atoms with E-state index in [-0.39, 0.29) is 53.8 Å². The van der Waals surface area contributed by atoms with Gasteiger partial charge in [-0.15, -0.1) is 0 Å². The summed E-state index contributed by atoms with van der Waals surface area (Å²) in [5.41, 5.74) is 7.95. The van der Waals surface area contributed by atoms with Gasteiger partial charge in [0.15, 0.2) is 5.82 Å². The van der Waals surface area contributed by atoms with Crippen LogP contribution in [-0.2, 0) is 35.2 Å². The summed E-state index contributed by atoms with van der Waals surface area (Å²) in [4.78, 5) is 87.4. The SMILES string of the molecule is CC(C)C[C@H](NC(=O)[C@@H](NC(=O)C(N)/C=C/NC(=O)C1=CC(O)=CCC1O)C(C)C)C(=O)N[C@@H](Cc1ccccc1)C(=O)N1CCC[C@@H]1C(=O)Nc1ccc(-c2nc(=S)o[nH]2)cc1. The number of likely N-dealkylation sites (tertiary alicyclic amines) is 1. The van der Waals surface area contributed by atoms with E-state index < -0.39 is 71.8 Å². The summed E-state index contributed by atoms with van der Waals surface area (Å²) in [5.74, 6) is -3.83. The van der Waals surface area contributed by atoms with Crippen LogP contribution in [0.5, 0.6) is 0 Å². The first-order valence-corrected chi connectivity index (χ1v) is 21.2. The Hall–Kier alpha value is -6.44. The maximum Gasteiger partial charge on any atom is 0.314 e. The number of nitrogens with zero attached hydrogens (tertiary/aromatic N) is 2. The van der Waals surface area contributed by atoms with Gasteiger partial charge in [0.25, 0.3) is 5.91 Å². The first-order chi connectivity index (χ1) is 30.0. The summed E-state index contributed by atoms with van der Waals surface area (Å²) in [5, 5.41) is 36.0. The predicted octanol–water partition coefficient (Wildman–Crippen LogP) is 2.82. The number of H-pyrrole nitrogens is 1. The average Bonchev–Trinajstić information content (AvgIpc) is 3.93. The smallest absolute Gasteiger partial charge is 0.314 e. The molecule has 2 aliphatic rings. The molecule has 1 aliphatic heterocycles. The van der Waals surface area contributed by atoms with Crippen LogP contribution < -0.4 is 32.3 Å². The first kappa shape index (κ1) is 47.6. The molecule has 18 nitrogen and oxygen atoms in total. The second-order valence-electron chi connectivity index (χ2n) is 16.2. The number of hydrogen-bond donors (Lipinski definition) is 9. The molecule has 1 saturated heterocycles. The minimum atomic E-state index is -1.31. The number of aliphatic hydroxyl groups is 2. The highest BCUT2D eigenvalue weighted by molar-refractivity contribution is 7.71. The van der Waals surface area contributed by atoms with Crippen molar-refractivity contribution >= 4 is 53.3 Å². The van der Waals surface area contributed by atoms with Crippen LogP contribution in [0.4, 0.5) is 5.69 Å². The van der Waals surface area contributed by atoms with Crippen molar-refractivity contribution in [2.45, 2.75) is 96.1 Å². The van der Waals surface area contributed by atoms with Crippen molar-refractivity contribution in [1.29, 1.82) is 0 Å². The maximum atomic E-state index is 14.4. The predicted molar refractivity (Wildman–Crippen MR) is 235 cm³/mol. The number of nitrogens with two attached hydrogens (primary N) is 1. The van der Waals surface area contributed by atoms with Crippen LogP contribution in [0, 0.1) is 16.7 Å². The molecule has 6 atom stereocenters. The lowest BCUT2D eigenvalue weighted by Gasteiger charge is -2.31. The van der Waals surface area contributed by atoms with Crippen molar-refractivity contribution in [3.63, 3.8) is 0 Å². The van der Waals surface area contributed by atoms with Crippen LogP contribution >= 0.6 is 12.2 Å². The van der Waals surface area contributed by atoms with Crippen LogP contribution in [0.1, 0.15) is 58.9 Å². The third-order valence-electron chi connectivity index (χ3n) is 10.5. The number of amides is 6. The zero-order chi connectivity index (χ0) is 45.8. The highest BCUT2D eigenvalue weighted by atomic mass is 32.1. The quantitative estimate of drug-likeness (QED) is 0.0835. The molecule has 1 aromatic heterocycles. The summed E-state index contributed by atoms with van der Waals surface area (Å²) in [6.07, 6.45) is 5.04. The Morgan fingerprint density at radius 3 is 2.32 bits per heavy atom. The number of aromatic nitrogens is 2. The van der Waals surface area contributed by atoms with Gasteiger partial charge in [-0.3, -0.25) is 28.8 Å². The number of rotatable bonds is 18. The van der Waals surface area contributed by atoms with Crippen molar-refractivity contribution in [2.24, 2.45) is 17.6 Å². The summed E-state index contributed by atoms with van der Waals surface area (Å²) >= 11 is 4.93. The molecule has 10 N–H and O–H groups in total. The minimum absolute atomic E-state index is 0.0577. The normalized spacial score (nSPS) is 18.2. The summed E-state index contributed by atoms with van der Waals surface area (Å²) in [6.45, 7) is 7.45. The third-order valence-corrected chi connectivity index (χ3v) is 10.7. The molecule has 1 aliphatic carbocycles. The lowest BCUT2D eigenvalue weighted by Crippen LogP contribution is -2.60. The molecule has 63 heavy (non-hydrogen) atoms. The van der Waals surface area contributed by atoms with Crippen LogP contribution in [0.15, 0.2) is 94.9 Å². The van der Waals surface area contributed by atoms with E-state index >= 15 is 0 Å². The fraction of sp³-hybridized carbons (Fsp3) is 0.409. The van der Waals surface area contributed by atoms with E-state index in [9.17, 15) is 39.0 Å². The van der Waals surface area contributed by atoms with E-state index in [2.05, 4.69) is 36.7 Å². The average molecular weight is 886 g/mol. The number of carbonyl (C=O) groups excluding carboxylic acids is 6. The molecule has 3 aromatic rings. The number of nitrogens with one attached hydrogen (secondary N) is 6. The summed E-state index contributed by atoms with van der Waals surface area (Å²) < 4.78 is 5.00. The molecule has 0 radical (unpaired) electrons. The highest BCUT2D eigenvalue weighted by Gasteiger charge is 2.39. The van der Waals surface area contributed by atoms with Gasteiger partial charge in [0, 0.05) is 36.0 Å². The van der Waals surface area contributed by atoms with Crippen molar-refractivity contribution in [1.82, 2.24) is 36.3 Å². The molecule has 5 rings (SSSR count). The summed E-state index contributed by atoms with van der Waals surface area (Å²) in [7, 11) is 0. The molecular formula is C44H55N9O9S. The second-order valence-corrected chi connectivity index (χ2v) is 16.5. The van der Waals surface area contributed by atoms with Gasteiger partial charge in [-0.05, 0) is 97.8 Å². The monoisotopic (exact) mass is 885 g/mol. The van der Waals surface area contributed by atoms with Crippen LogP contribution in [0.25, 0.3) is 11.4 Å². The number of carbonyl (C=O) groups is 6. The van der Waals surface area contributed by atoms with Crippen LogP contribution in [0.2, 0.25) is 0 Å². The van der Waals surface area contributed by atoms with Gasteiger partial charge in [0.05, 0.1) is 6.10 Å². The van der Waals surface area contributed by atoms with E-state index in [0.717, 1.165) is 17.8 Å². The Morgan fingerprint density at radius 2 is 1.67 bits per heavy atom. The molecule has 0 spiro atoms. The summed E-state index contributed by atoms with van der Waals surface area (Å²) in [6, 6.07) is 10.5. The zero-order valence-corrected chi connectivity index (χ0v) is 36.3. The number of benzene rings is 2. The Balaban J connectivity index is 1.25. The molecule has 2 aromatic carbocycles. The van der Waals surface area contributed by atoms with Gasteiger partial charge < -0.3 is 52.0 Å².